The number of sulfonamides is 1. The summed E-state index contributed by atoms with van der Waals surface area (Å²) in [4.78, 5) is 1.29. The topological polar surface area (TPSA) is 66.4 Å². The zero-order chi connectivity index (χ0) is 13.6. The SMILES string of the molecule is CCNS(=O)(=O)c1ccc(SCC(C)CO)cc1. The van der Waals surface area contributed by atoms with Crippen LogP contribution in [-0.4, -0.2) is 32.4 Å². The van der Waals surface area contributed by atoms with Gasteiger partial charge in [0.1, 0.15) is 0 Å². The molecule has 1 atom stereocenters. The number of thioether (sulfide) groups is 1. The molecular formula is C12H19NO3S2. The second-order valence-corrected chi connectivity index (χ2v) is 6.93. The summed E-state index contributed by atoms with van der Waals surface area (Å²) in [5.74, 6) is 1.05. The summed E-state index contributed by atoms with van der Waals surface area (Å²) in [7, 11) is -3.36. The lowest BCUT2D eigenvalue weighted by molar-refractivity contribution is 0.250. The summed E-state index contributed by atoms with van der Waals surface area (Å²) in [6.07, 6.45) is 0. The highest BCUT2D eigenvalue weighted by Crippen LogP contribution is 2.22. The fraction of sp³-hybridized carbons (Fsp3) is 0.500. The number of rotatable bonds is 7. The normalized spacial score (nSPS) is 13.5. The van der Waals surface area contributed by atoms with Crippen molar-refractivity contribution in [1.29, 1.82) is 0 Å². The summed E-state index contributed by atoms with van der Waals surface area (Å²) in [5, 5.41) is 8.92. The molecule has 0 radical (unpaired) electrons. The molecule has 0 aliphatic rings. The Bertz CT molecular complexity index is 457. The van der Waals surface area contributed by atoms with E-state index in [-0.39, 0.29) is 17.4 Å². The number of aliphatic hydroxyl groups excluding tert-OH is 1. The quantitative estimate of drug-likeness (QED) is 0.750. The molecule has 4 nitrogen and oxygen atoms in total. The molecule has 1 aromatic rings. The molecule has 1 aromatic carbocycles. The van der Waals surface area contributed by atoms with Gasteiger partial charge in [0, 0.05) is 23.8 Å². The Hall–Kier alpha value is -0.560. The molecule has 102 valence electrons. The van der Waals surface area contributed by atoms with E-state index in [0.717, 1.165) is 10.6 Å². The molecule has 1 unspecified atom stereocenters. The van der Waals surface area contributed by atoms with Crippen LogP contribution in [0.25, 0.3) is 0 Å². The minimum absolute atomic E-state index is 0.167. The monoisotopic (exact) mass is 289 g/mol. The van der Waals surface area contributed by atoms with Gasteiger partial charge in [0.2, 0.25) is 10.0 Å². The molecule has 0 aliphatic heterocycles. The predicted molar refractivity (Wildman–Crippen MR) is 74.3 cm³/mol. The van der Waals surface area contributed by atoms with Crippen molar-refractivity contribution in [2.75, 3.05) is 18.9 Å². The van der Waals surface area contributed by atoms with Gasteiger partial charge in [0.25, 0.3) is 0 Å². The highest BCUT2D eigenvalue weighted by atomic mass is 32.2. The van der Waals surface area contributed by atoms with Crippen LogP contribution in [0.15, 0.2) is 34.1 Å². The van der Waals surface area contributed by atoms with Crippen molar-refractivity contribution < 1.29 is 13.5 Å². The fourth-order valence-corrected chi connectivity index (χ4v) is 3.23. The Morgan fingerprint density at radius 2 is 1.94 bits per heavy atom. The summed E-state index contributed by atoms with van der Waals surface area (Å²) in [5.41, 5.74) is 0. The molecule has 0 saturated heterocycles. The first-order valence-electron chi connectivity index (χ1n) is 5.83. The maximum absolute atomic E-state index is 11.7. The summed E-state index contributed by atoms with van der Waals surface area (Å²) < 4.78 is 25.9. The van der Waals surface area contributed by atoms with Crippen molar-refractivity contribution in [3.63, 3.8) is 0 Å². The molecule has 18 heavy (non-hydrogen) atoms. The highest BCUT2D eigenvalue weighted by Gasteiger charge is 2.12. The molecule has 0 bridgehead atoms. The van der Waals surface area contributed by atoms with Gasteiger partial charge in [0.15, 0.2) is 0 Å². The van der Waals surface area contributed by atoms with Crippen molar-refractivity contribution in [2.45, 2.75) is 23.6 Å². The van der Waals surface area contributed by atoms with E-state index < -0.39 is 10.0 Å². The third-order valence-corrected chi connectivity index (χ3v) is 5.22. The lowest BCUT2D eigenvalue weighted by Crippen LogP contribution is -2.22. The van der Waals surface area contributed by atoms with Crippen molar-refractivity contribution in [2.24, 2.45) is 5.92 Å². The van der Waals surface area contributed by atoms with E-state index in [1.807, 2.05) is 6.92 Å². The Labute approximate surface area is 113 Å². The first-order valence-corrected chi connectivity index (χ1v) is 8.30. The number of nitrogens with one attached hydrogen (secondary N) is 1. The molecule has 0 saturated carbocycles. The van der Waals surface area contributed by atoms with Gasteiger partial charge >= 0.3 is 0 Å². The number of aliphatic hydroxyl groups is 1. The van der Waals surface area contributed by atoms with Crippen molar-refractivity contribution >= 4 is 21.8 Å². The highest BCUT2D eigenvalue weighted by molar-refractivity contribution is 7.99. The second-order valence-electron chi connectivity index (χ2n) is 4.07. The average molecular weight is 289 g/mol. The van der Waals surface area contributed by atoms with E-state index in [1.54, 1.807) is 43.0 Å². The molecule has 0 aliphatic carbocycles. The van der Waals surface area contributed by atoms with Gasteiger partial charge in [-0.2, -0.15) is 0 Å². The molecule has 1 rings (SSSR count). The van der Waals surface area contributed by atoms with E-state index in [4.69, 9.17) is 5.11 Å². The molecule has 0 heterocycles. The van der Waals surface area contributed by atoms with Gasteiger partial charge < -0.3 is 5.11 Å². The van der Waals surface area contributed by atoms with Gasteiger partial charge in [-0.15, -0.1) is 11.8 Å². The minimum Gasteiger partial charge on any atom is -0.396 e. The van der Waals surface area contributed by atoms with Crippen LogP contribution in [0, 0.1) is 5.92 Å². The summed E-state index contributed by atoms with van der Waals surface area (Å²) >= 11 is 1.61. The van der Waals surface area contributed by atoms with E-state index in [9.17, 15) is 8.42 Å². The molecule has 0 aromatic heterocycles. The third-order valence-electron chi connectivity index (χ3n) is 2.31. The van der Waals surface area contributed by atoms with E-state index in [1.165, 1.54) is 0 Å². The summed E-state index contributed by atoms with van der Waals surface area (Å²) in [6.45, 7) is 4.27. The van der Waals surface area contributed by atoms with Gasteiger partial charge in [-0.25, -0.2) is 13.1 Å². The van der Waals surface area contributed by atoms with E-state index in [0.29, 0.717) is 6.54 Å². The molecule has 2 N–H and O–H groups in total. The Balaban J connectivity index is 2.68. The fourth-order valence-electron chi connectivity index (χ4n) is 1.28. The van der Waals surface area contributed by atoms with Crippen molar-refractivity contribution in [3.8, 4) is 0 Å². The lowest BCUT2D eigenvalue weighted by Gasteiger charge is -2.08. The molecule has 0 spiro atoms. The Morgan fingerprint density at radius 3 is 2.44 bits per heavy atom. The van der Waals surface area contributed by atoms with E-state index >= 15 is 0 Å². The van der Waals surface area contributed by atoms with Crippen LogP contribution in [0.5, 0.6) is 0 Å². The largest absolute Gasteiger partial charge is 0.396 e. The maximum atomic E-state index is 11.7. The number of benzene rings is 1. The van der Waals surface area contributed by atoms with Crippen LogP contribution in [0.1, 0.15) is 13.8 Å². The molecule has 6 heteroatoms. The molecule has 0 fully saturated rings. The smallest absolute Gasteiger partial charge is 0.240 e. The third kappa shape index (κ3) is 4.61. The summed E-state index contributed by atoms with van der Waals surface area (Å²) in [6, 6.07) is 6.78. The number of hydrogen-bond donors (Lipinski definition) is 2. The molecule has 0 amide bonds. The number of hydrogen-bond acceptors (Lipinski definition) is 4. The van der Waals surface area contributed by atoms with Crippen LogP contribution in [0.2, 0.25) is 0 Å². The van der Waals surface area contributed by atoms with Crippen LogP contribution >= 0.6 is 11.8 Å². The predicted octanol–water partition coefficient (Wildman–Crippen LogP) is 1.71. The lowest BCUT2D eigenvalue weighted by atomic mass is 10.2. The molecular weight excluding hydrogens is 270 g/mol. The first-order chi connectivity index (χ1) is 8.49. The van der Waals surface area contributed by atoms with Crippen LogP contribution in [0.3, 0.4) is 0 Å². The van der Waals surface area contributed by atoms with Gasteiger partial charge in [-0.3, -0.25) is 0 Å². The van der Waals surface area contributed by atoms with Crippen LogP contribution in [-0.2, 0) is 10.0 Å². The van der Waals surface area contributed by atoms with Gasteiger partial charge in [-0.05, 0) is 30.2 Å². The average Bonchev–Trinajstić information content (AvgIpc) is 2.36. The van der Waals surface area contributed by atoms with Crippen LogP contribution < -0.4 is 4.72 Å². The van der Waals surface area contributed by atoms with Crippen molar-refractivity contribution in [3.05, 3.63) is 24.3 Å². The zero-order valence-corrected chi connectivity index (χ0v) is 12.2. The minimum atomic E-state index is -3.36. The Morgan fingerprint density at radius 1 is 1.33 bits per heavy atom. The van der Waals surface area contributed by atoms with Crippen LogP contribution in [0.4, 0.5) is 0 Å². The van der Waals surface area contributed by atoms with Gasteiger partial charge in [-0.1, -0.05) is 13.8 Å². The second kappa shape index (κ2) is 7.13. The zero-order valence-electron chi connectivity index (χ0n) is 10.6. The Kier molecular flexibility index (Phi) is 6.14. The first kappa shape index (κ1) is 15.5. The van der Waals surface area contributed by atoms with Gasteiger partial charge in [0.05, 0.1) is 4.90 Å². The van der Waals surface area contributed by atoms with Crippen molar-refractivity contribution in [1.82, 2.24) is 4.72 Å². The standard InChI is InChI=1S/C12H19NO3S2/c1-3-13-18(15,16)12-6-4-11(5-7-12)17-9-10(2)8-14/h4-7,10,13-14H,3,8-9H2,1-2H3. The maximum Gasteiger partial charge on any atom is 0.240 e. The van der Waals surface area contributed by atoms with E-state index in [2.05, 4.69) is 4.72 Å².